The summed E-state index contributed by atoms with van der Waals surface area (Å²) in [5.74, 6) is -4.47. The van der Waals surface area contributed by atoms with Crippen LogP contribution in [0.15, 0.2) is 42.5 Å². The SMILES string of the molecule is O=C(c1ccc(F)cc1F)N1CC[C@@H](O)[C@](Cc2ccc(F)cc2)(C(=O)O)C1. The Bertz CT molecular complexity index is 903. The maximum Gasteiger partial charge on any atom is 0.314 e. The molecule has 2 aromatic carbocycles. The molecule has 2 aromatic rings. The van der Waals surface area contributed by atoms with Gasteiger partial charge in [-0.25, -0.2) is 13.2 Å². The number of carboxylic acids is 1. The van der Waals surface area contributed by atoms with Crippen LogP contribution in [-0.2, 0) is 11.2 Å². The van der Waals surface area contributed by atoms with E-state index in [4.69, 9.17) is 0 Å². The first-order chi connectivity index (χ1) is 13.2. The topological polar surface area (TPSA) is 77.8 Å². The fourth-order valence-electron chi connectivity index (χ4n) is 3.51. The van der Waals surface area contributed by atoms with E-state index in [1.807, 2.05) is 0 Å². The Hall–Kier alpha value is -2.87. The second-order valence-corrected chi connectivity index (χ2v) is 6.92. The molecule has 0 aromatic heterocycles. The monoisotopic (exact) mass is 393 g/mol. The second-order valence-electron chi connectivity index (χ2n) is 6.92. The van der Waals surface area contributed by atoms with Crippen LogP contribution < -0.4 is 0 Å². The van der Waals surface area contributed by atoms with Crippen LogP contribution in [0.3, 0.4) is 0 Å². The number of hydrogen-bond donors (Lipinski definition) is 2. The summed E-state index contributed by atoms with van der Waals surface area (Å²) in [4.78, 5) is 25.9. The Morgan fingerprint density at radius 2 is 1.71 bits per heavy atom. The zero-order valence-electron chi connectivity index (χ0n) is 14.7. The summed E-state index contributed by atoms with van der Waals surface area (Å²) in [5, 5.41) is 20.3. The van der Waals surface area contributed by atoms with Crippen molar-refractivity contribution in [3.8, 4) is 0 Å². The van der Waals surface area contributed by atoms with Crippen LogP contribution in [0.5, 0.6) is 0 Å². The molecule has 0 saturated carbocycles. The number of halogens is 3. The van der Waals surface area contributed by atoms with E-state index in [2.05, 4.69) is 0 Å². The number of nitrogens with zero attached hydrogens (tertiary/aromatic N) is 1. The average molecular weight is 393 g/mol. The predicted molar refractivity (Wildman–Crippen MR) is 93.1 cm³/mol. The van der Waals surface area contributed by atoms with Crippen molar-refractivity contribution in [1.29, 1.82) is 0 Å². The summed E-state index contributed by atoms with van der Waals surface area (Å²) in [6.07, 6.45) is -1.42. The molecule has 1 aliphatic heterocycles. The Labute approximate surface area is 159 Å². The van der Waals surface area contributed by atoms with Gasteiger partial charge in [-0.3, -0.25) is 9.59 Å². The van der Waals surface area contributed by atoms with E-state index < -0.39 is 40.8 Å². The minimum Gasteiger partial charge on any atom is -0.481 e. The summed E-state index contributed by atoms with van der Waals surface area (Å²) in [7, 11) is 0. The number of carboxylic acid groups (broad SMARTS) is 1. The Kier molecular flexibility index (Phi) is 5.42. The highest BCUT2D eigenvalue weighted by molar-refractivity contribution is 5.95. The fourth-order valence-corrected chi connectivity index (χ4v) is 3.51. The number of amides is 1. The highest BCUT2D eigenvalue weighted by Gasteiger charge is 2.50. The quantitative estimate of drug-likeness (QED) is 0.837. The van der Waals surface area contributed by atoms with E-state index in [-0.39, 0.29) is 31.5 Å². The van der Waals surface area contributed by atoms with Gasteiger partial charge in [0, 0.05) is 19.2 Å². The summed E-state index contributed by atoms with van der Waals surface area (Å²) in [6, 6.07) is 7.70. The first kappa shape index (κ1) is 19.9. The minimum absolute atomic E-state index is 0.0231. The number of rotatable bonds is 4. The third-order valence-corrected chi connectivity index (χ3v) is 5.09. The third kappa shape index (κ3) is 3.73. The summed E-state index contributed by atoms with van der Waals surface area (Å²) >= 11 is 0. The normalized spacial score (nSPS) is 22.1. The zero-order valence-corrected chi connectivity index (χ0v) is 14.7. The molecule has 0 aliphatic carbocycles. The number of hydrogen-bond acceptors (Lipinski definition) is 3. The average Bonchev–Trinajstić information content (AvgIpc) is 2.64. The lowest BCUT2D eigenvalue weighted by Crippen LogP contribution is -2.58. The highest BCUT2D eigenvalue weighted by Crippen LogP contribution is 2.35. The van der Waals surface area contributed by atoms with Crippen LogP contribution in [0.2, 0.25) is 0 Å². The Morgan fingerprint density at radius 3 is 2.32 bits per heavy atom. The van der Waals surface area contributed by atoms with Gasteiger partial charge in [-0.05, 0) is 42.7 Å². The molecule has 1 aliphatic rings. The summed E-state index contributed by atoms with van der Waals surface area (Å²) in [6.45, 7) is -0.341. The van der Waals surface area contributed by atoms with Crippen molar-refractivity contribution in [2.24, 2.45) is 5.41 Å². The molecule has 8 heteroatoms. The van der Waals surface area contributed by atoms with Crippen molar-refractivity contribution in [1.82, 2.24) is 4.90 Å². The maximum absolute atomic E-state index is 14.0. The van der Waals surface area contributed by atoms with Crippen LogP contribution in [-0.4, -0.2) is 46.2 Å². The van der Waals surface area contributed by atoms with Crippen LogP contribution in [0.4, 0.5) is 13.2 Å². The fraction of sp³-hybridized carbons (Fsp3) is 0.300. The largest absolute Gasteiger partial charge is 0.481 e. The van der Waals surface area contributed by atoms with Gasteiger partial charge >= 0.3 is 5.97 Å². The summed E-state index contributed by atoms with van der Waals surface area (Å²) < 4.78 is 40.2. The molecule has 1 saturated heterocycles. The highest BCUT2D eigenvalue weighted by atomic mass is 19.1. The number of aliphatic hydroxyl groups excluding tert-OH is 1. The number of benzene rings is 2. The van der Waals surface area contributed by atoms with Crippen LogP contribution in [0.1, 0.15) is 22.3 Å². The molecule has 1 fully saturated rings. The number of carbonyl (C=O) groups excluding carboxylic acids is 1. The predicted octanol–water partition coefficient (Wildman–Crippen LogP) is 2.62. The van der Waals surface area contributed by atoms with E-state index in [1.54, 1.807) is 0 Å². The van der Waals surface area contributed by atoms with Gasteiger partial charge in [-0.2, -0.15) is 0 Å². The molecular weight excluding hydrogens is 375 g/mol. The zero-order chi connectivity index (χ0) is 20.5. The number of aliphatic hydroxyl groups is 1. The van der Waals surface area contributed by atoms with Gasteiger partial charge in [0.15, 0.2) is 0 Å². The maximum atomic E-state index is 14.0. The van der Waals surface area contributed by atoms with Crippen molar-refractivity contribution in [3.63, 3.8) is 0 Å². The molecule has 0 bridgehead atoms. The third-order valence-electron chi connectivity index (χ3n) is 5.09. The number of likely N-dealkylation sites (tertiary alicyclic amines) is 1. The minimum atomic E-state index is -1.73. The Balaban J connectivity index is 1.91. The van der Waals surface area contributed by atoms with Gasteiger partial charge in [0.05, 0.1) is 11.7 Å². The lowest BCUT2D eigenvalue weighted by atomic mass is 9.72. The standard InChI is InChI=1S/C20H18F3NO4/c21-13-3-1-12(2-4-13)10-20(19(27)28)11-24(8-7-17(20)25)18(26)15-6-5-14(22)9-16(15)23/h1-6,9,17,25H,7-8,10-11H2,(H,27,28)/t17-,20-/m1/s1. The van der Waals surface area contributed by atoms with Crippen molar-refractivity contribution < 1.29 is 33.0 Å². The molecule has 148 valence electrons. The van der Waals surface area contributed by atoms with Crippen molar-refractivity contribution in [2.45, 2.75) is 18.9 Å². The second kappa shape index (κ2) is 7.63. The molecule has 5 nitrogen and oxygen atoms in total. The molecule has 2 atom stereocenters. The summed E-state index contributed by atoms with van der Waals surface area (Å²) in [5.41, 5.74) is -1.63. The smallest absolute Gasteiger partial charge is 0.314 e. The first-order valence-corrected chi connectivity index (χ1v) is 8.63. The van der Waals surface area contributed by atoms with Crippen molar-refractivity contribution in [2.75, 3.05) is 13.1 Å². The van der Waals surface area contributed by atoms with Crippen LogP contribution >= 0.6 is 0 Å². The lowest BCUT2D eigenvalue weighted by molar-refractivity contribution is -0.161. The van der Waals surface area contributed by atoms with Gasteiger partial charge in [0.2, 0.25) is 0 Å². The van der Waals surface area contributed by atoms with Crippen molar-refractivity contribution in [3.05, 3.63) is 71.0 Å². The van der Waals surface area contributed by atoms with Crippen LogP contribution in [0.25, 0.3) is 0 Å². The van der Waals surface area contributed by atoms with Gasteiger partial charge < -0.3 is 15.1 Å². The van der Waals surface area contributed by atoms with Gasteiger partial charge in [-0.15, -0.1) is 0 Å². The molecule has 0 radical (unpaired) electrons. The molecule has 0 spiro atoms. The molecule has 1 heterocycles. The van der Waals surface area contributed by atoms with E-state index in [0.29, 0.717) is 11.6 Å². The van der Waals surface area contributed by atoms with E-state index >= 15 is 0 Å². The molecule has 28 heavy (non-hydrogen) atoms. The number of piperidine rings is 1. The van der Waals surface area contributed by atoms with Crippen LogP contribution in [0, 0.1) is 22.9 Å². The molecule has 1 amide bonds. The molecular formula is C20H18F3NO4. The van der Waals surface area contributed by atoms with Gasteiger partial charge in [0.1, 0.15) is 22.9 Å². The first-order valence-electron chi connectivity index (χ1n) is 8.63. The number of carbonyl (C=O) groups is 2. The number of aliphatic carboxylic acids is 1. The Morgan fingerprint density at radius 1 is 1.07 bits per heavy atom. The van der Waals surface area contributed by atoms with E-state index in [9.17, 15) is 33.0 Å². The van der Waals surface area contributed by atoms with E-state index in [0.717, 1.165) is 17.0 Å². The lowest BCUT2D eigenvalue weighted by Gasteiger charge is -2.43. The molecule has 0 unspecified atom stereocenters. The molecule has 2 N–H and O–H groups in total. The van der Waals surface area contributed by atoms with Gasteiger partial charge in [-0.1, -0.05) is 12.1 Å². The van der Waals surface area contributed by atoms with Crippen molar-refractivity contribution >= 4 is 11.9 Å². The van der Waals surface area contributed by atoms with Gasteiger partial charge in [0.25, 0.3) is 5.91 Å². The molecule has 3 rings (SSSR count). The van der Waals surface area contributed by atoms with E-state index in [1.165, 1.54) is 24.3 Å².